The van der Waals surface area contributed by atoms with E-state index in [1.54, 1.807) is 49.6 Å². The predicted octanol–water partition coefficient (Wildman–Crippen LogP) is 4.45. The van der Waals surface area contributed by atoms with Gasteiger partial charge in [-0.3, -0.25) is 19.7 Å². The van der Waals surface area contributed by atoms with Gasteiger partial charge in [0.05, 0.1) is 41.0 Å². The number of carbonyl (C=O) groups is 2. The summed E-state index contributed by atoms with van der Waals surface area (Å²) in [4.78, 5) is 35.8. The average molecular weight is 470 g/mol. The van der Waals surface area contributed by atoms with Crippen LogP contribution in [-0.2, 0) is 6.54 Å². The number of halogens is 1. The highest BCUT2D eigenvalue weighted by molar-refractivity contribution is 6.34. The number of methoxy groups -OCH3 is 2. The van der Waals surface area contributed by atoms with Crippen molar-refractivity contribution in [1.82, 2.24) is 5.32 Å². The van der Waals surface area contributed by atoms with E-state index >= 15 is 0 Å². The highest BCUT2D eigenvalue weighted by Crippen LogP contribution is 2.26. The maximum Gasteiger partial charge on any atom is 0.270 e. The predicted molar refractivity (Wildman–Crippen MR) is 123 cm³/mol. The van der Waals surface area contributed by atoms with E-state index in [4.69, 9.17) is 21.1 Å². The smallest absolute Gasteiger partial charge is 0.270 e. The maximum absolute atomic E-state index is 12.8. The monoisotopic (exact) mass is 469 g/mol. The molecule has 10 heteroatoms. The van der Waals surface area contributed by atoms with Crippen LogP contribution in [-0.4, -0.2) is 31.0 Å². The van der Waals surface area contributed by atoms with Crippen molar-refractivity contribution in [3.63, 3.8) is 0 Å². The number of ether oxygens (including phenoxy) is 2. The lowest BCUT2D eigenvalue weighted by molar-refractivity contribution is -0.384. The van der Waals surface area contributed by atoms with Gasteiger partial charge in [0.25, 0.3) is 17.5 Å². The number of non-ortho nitro benzene ring substituents is 1. The second-order valence-corrected chi connectivity index (χ2v) is 7.19. The molecule has 0 aliphatic heterocycles. The molecule has 0 aromatic heterocycles. The summed E-state index contributed by atoms with van der Waals surface area (Å²) in [6.45, 7) is 0.183. The quantitative estimate of drug-likeness (QED) is 0.371. The highest BCUT2D eigenvalue weighted by Gasteiger charge is 2.18. The lowest BCUT2D eigenvalue weighted by Gasteiger charge is -2.14. The first kappa shape index (κ1) is 23.6. The van der Waals surface area contributed by atoms with E-state index in [-0.39, 0.29) is 34.1 Å². The van der Waals surface area contributed by atoms with E-state index in [0.717, 1.165) is 11.6 Å². The molecule has 0 atom stereocenters. The molecule has 0 radical (unpaired) electrons. The first-order valence-electron chi connectivity index (χ1n) is 9.67. The summed E-state index contributed by atoms with van der Waals surface area (Å²) in [7, 11) is 3.07. The van der Waals surface area contributed by atoms with Crippen LogP contribution in [0, 0.1) is 10.1 Å². The number of hydrogen-bond acceptors (Lipinski definition) is 6. The lowest BCUT2D eigenvalue weighted by Crippen LogP contribution is -2.25. The van der Waals surface area contributed by atoms with E-state index in [1.807, 2.05) is 0 Å². The summed E-state index contributed by atoms with van der Waals surface area (Å²) in [5.74, 6) is 0.162. The van der Waals surface area contributed by atoms with Crippen LogP contribution in [0.25, 0.3) is 0 Å². The molecule has 2 N–H and O–H groups in total. The van der Waals surface area contributed by atoms with Crippen molar-refractivity contribution in [3.8, 4) is 11.5 Å². The molecule has 3 aromatic rings. The highest BCUT2D eigenvalue weighted by atomic mass is 35.5. The number of para-hydroxylation sites is 1. The van der Waals surface area contributed by atoms with Crippen molar-refractivity contribution in [2.45, 2.75) is 6.54 Å². The zero-order chi connectivity index (χ0) is 24.0. The molecule has 9 nitrogen and oxygen atoms in total. The number of carbonyl (C=O) groups excluding carboxylic acids is 2. The van der Waals surface area contributed by atoms with Gasteiger partial charge in [0.15, 0.2) is 0 Å². The van der Waals surface area contributed by atoms with Crippen LogP contribution < -0.4 is 20.1 Å². The number of rotatable bonds is 8. The van der Waals surface area contributed by atoms with Gasteiger partial charge >= 0.3 is 0 Å². The summed E-state index contributed by atoms with van der Waals surface area (Å²) in [5, 5.41) is 16.2. The molecule has 0 aliphatic rings. The molecular formula is C23H20ClN3O6. The zero-order valence-corrected chi connectivity index (χ0v) is 18.5. The molecule has 0 fully saturated rings. The Bertz CT molecular complexity index is 1210. The van der Waals surface area contributed by atoms with Crippen molar-refractivity contribution in [3.05, 3.63) is 92.5 Å². The second kappa shape index (κ2) is 10.5. The first-order chi connectivity index (χ1) is 15.8. The summed E-state index contributed by atoms with van der Waals surface area (Å²) < 4.78 is 10.5. The number of benzene rings is 3. The number of anilines is 1. The fourth-order valence-corrected chi connectivity index (χ4v) is 3.31. The molecule has 0 aliphatic carbocycles. The Morgan fingerprint density at radius 3 is 2.39 bits per heavy atom. The first-order valence-corrected chi connectivity index (χ1v) is 10.0. The molecule has 0 saturated heterocycles. The zero-order valence-electron chi connectivity index (χ0n) is 17.8. The molecular weight excluding hydrogens is 450 g/mol. The van der Waals surface area contributed by atoms with E-state index in [1.165, 1.54) is 19.2 Å². The number of nitro benzene ring substituents is 1. The van der Waals surface area contributed by atoms with Crippen LogP contribution in [0.15, 0.2) is 60.7 Å². The Hall–Kier alpha value is -4.11. The van der Waals surface area contributed by atoms with Gasteiger partial charge in [-0.25, -0.2) is 0 Å². The molecule has 3 rings (SSSR count). The number of nitrogens with one attached hydrogen (secondary N) is 2. The van der Waals surface area contributed by atoms with Crippen molar-refractivity contribution in [2.24, 2.45) is 0 Å². The van der Waals surface area contributed by atoms with Gasteiger partial charge in [-0.05, 0) is 30.3 Å². The number of nitrogens with zero attached hydrogens (tertiary/aromatic N) is 1. The summed E-state index contributed by atoms with van der Waals surface area (Å²) in [6, 6.07) is 15.2. The molecule has 170 valence electrons. The lowest BCUT2D eigenvalue weighted by atomic mass is 10.1. The molecule has 0 spiro atoms. The van der Waals surface area contributed by atoms with Crippen LogP contribution in [0.1, 0.15) is 26.3 Å². The maximum atomic E-state index is 12.8. The Kier molecular flexibility index (Phi) is 7.47. The van der Waals surface area contributed by atoms with Crippen molar-refractivity contribution < 1.29 is 24.0 Å². The minimum absolute atomic E-state index is 0.0421. The molecule has 2 amide bonds. The molecule has 0 heterocycles. The van der Waals surface area contributed by atoms with Gasteiger partial charge in [0.1, 0.15) is 11.5 Å². The van der Waals surface area contributed by atoms with Crippen LogP contribution in [0.3, 0.4) is 0 Å². The SMILES string of the molecule is COc1ccc(CNC(=O)c2ccccc2NC(=O)c2ccc([N+](=O)[O-])cc2Cl)c(OC)c1. The largest absolute Gasteiger partial charge is 0.497 e. The second-order valence-electron chi connectivity index (χ2n) is 6.78. The van der Waals surface area contributed by atoms with Gasteiger partial charge < -0.3 is 20.1 Å². The van der Waals surface area contributed by atoms with Gasteiger partial charge in [-0.2, -0.15) is 0 Å². The molecule has 3 aromatic carbocycles. The molecule has 0 unspecified atom stereocenters. The van der Waals surface area contributed by atoms with Gasteiger partial charge in [0.2, 0.25) is 0 Å². The van der Waals surface area contributed by atoms with Gasteiger partial charge in [-0.1, -0.05) is 23.7 Å². The minimum atomic E-state index is -0.606. The Morgan fingerprint density at radius 2 is 1.73 bits per heavy atom. The van der Waals surface area contributed by atoms with Gasteiger partial charge in [0, 0.05) is 30.3 Å². The van der Waals surface area contributed by atoms with Crippen molar-refractivity contribution >= 4 is 34.8 Å². The number of amides is 2. The van der Waals surface area contributed by atoms with Crippen molar-refractivity contribution in [1.29, 1.82) is 0 Å². The minimum Gasteiger partial charge on any atom is -0.497 e. The topological polar surface area (TPSA) is 120 Å². The fraction of sp³-hybridized carbons (Fsp3) is 0.130. The Morgan fingerprint density at radius 1 is 0.970 bits per heavy atom. The van der Waals surface area contributed by atoms with E-state index in [0.29, 0.717) is 11.5 Å². The third-order valence-corrected chi connectivity index (χ3v) is 5.07. The standard InChI is InChI=1S/C23H20ClN3O6/c1-32-16-9-7-14(21(12-16)33-2)13-25-22(28)18-5-3-4-6-20(18)26-23(29)17-10-8-15(27(30)31)11-19(17)24/h3-12H,13H2,1-2H3,(H,25,28)(H,26,29). The third kappa shape index (κ3) is 5.58. The van der Waals surface area contributed by atoms with Gasteiger partial charge in [-0.15, -0.1) is 0 Å². The third-order valence-electron chi connectivity index (χ3n) is 4.76. The van der Waals surface area contributed by atoms with E-state index < -0.39 is 16.7 Å². The average Bonchev–Trinajstić information content (AvgIpc) is 2.82. The number of hydrogen-bond donors (Lipinski definition) is 2. The molecule has 33 heavy (non-hydrogen) atoms. The Balaban J connectivity index is 1.76. The Labute approximate surface area is 194 Å². The van der Waals surface area contributed by atoms with Crippen molar-refractivity contribution in [2.75, 3.05) is 19.5 Å². The van der Waals surface area contributed by atoms with Crippen LogP contribution in [0.5, 0.6) is 11.5 Å². The van der Waals surface area contributed by atoms with E-state index in [2.05, 4.69) is 10.6 Å². The summed E-state index contributed by atoms with van der Waals surface area (Å²) in [6.07, 6.45) is 0. The molecule has 0 saturated carbocycles. The summed E-state index contributed by atoms with van der Waals surface area (Å²) >= 11 is 6.04. The van der Waals surface area contributed by atoms with Crippen LogP contribution in [0.2, 0.25) is 5.02 Å². The number of nitro groups is 1. The van der Waals surface area contributed by atoms with Crippen LogP contribution >= 0.6 is 11.6 Å². The van der Waals surface area contributed by atoms with Crippen LogP contribution in [0.4, 0.5) is 11.4 Å². The van der Waals surface area contributed by atoms with E-state index in [9.17, 15) is 19.7 Å². The molecule has 0 bridgehead atoms. The fourth-order valence-electron chi connectivity index (χ4n) is 3.05. The summed E-state index contributed by atoms with van der Waals surface area (Å²) in [5.41, 5.74) is 1.05. The normalized spacial score (nSPS) is 10.3.